The minimum atomic E-state index is -3.08. The lowest BCUT2D eigenvalue weighted by molar-refractivity contribution is 0.202. The first-order chi connectivity index (χ1) is 10.1. The van der Waals surface area contributed by atoms with Crippen LogP contribution in [-0.2, 0) is 9.84 Å². The molecule has 1 aromatic carbocycles. The Balaban J connectivity index is 1.69. The van der Waals surface area contributed by atoms with Crippen LogP contribution in [0.15, 0.2) is 29.2 Å². The van der Waals surface area contributed by atoms with Crippen molar-refractivity contribution in [3.05, 3.63) is 29.8 Å². The summed E-state index contributed by atoms with van der Waals surface area (Å²) >= 11 is 0. The molecule has 4 nitrogen and oxygen atoms in total. The molecule has 116 valence electrons. The predicted molar refractivity (Wildman–Crippen MR) is 84.1 cm³/mol. The highest BCUT2D eigenvalue weighted by Crippen LogP contribution is 2.32. The van der Waals surface area contributed by atoms with Gasteiger partial charge in [-0.05, 0) is 56.9 Å². The van der Waals surface area contributed by atoms with Gasteiger partial charge in [0.2, 0.25) is 0 Å². The Hall–Kier alpha value is -0.910. The highest BCUT2D eigenvalue weighted by atomic mass is 32.2. The molecule has 0 aliphatic carbocycles. The number of nitrogens with zero attached hydrogens (tertiary/aromatic N) is 1. The zero-order chi connectivity index (χ0) is 14.9. The summed E-state index contributed by atoms with van der Waals surface area (Å²) in [6, 6.07) is 7.62. The average molecular weight is 308 g/mol. The fourth-order valence-corrected chi connectivity index (χ4v) is 5.17. The van der Waals surface area contributed by atoms with Crippen LogP contribution in [0.25, 0.3) is 0 Å². The van der Waals surface area contributed by atoms with E-state index in [9.17, 15) is 8.42 Å². The van der Waals surface area contributed by atoms with Crippen LogP contribution in [0.1, 0.15) is 30.9 Å². The number of likely N-dealkylation sites (tertiary alicyclic amines) is 1. The fraction of sp³-hybridized carbons (Fsp3) is 0.625. The van der Waals surface area contributed by atoms with Crippen molar-refractivity contribution >= 4 is 9.84 Å². The third-order valence-electron chi connectivity index (χ3n) is 4.68. The van der Waals surface area contributed by atoms with Crippen molar-refractivity contribution in [2.75, 3.05) is 32.4 Å². The molecule has 21 heavy (non-hydrogen) atoms. The van der Waals surface area contributed by atoms with Crippen molar-refractivity contribution in [2.45, 2.75) is 30.2 Å². The SMILES string of the molecule is CN1CCCC(CNC2CCS(=O)(=O)c3ccccc32)C1. The molecular formula is C16H24N2O2S. The number of sulfone groups is 1. The van der Waals surface area contributed by atoms with E-state index in [4.69, 9.17) is 0 Å². The maximum atomic E-state index is 12.1. The van der Waals surface area contributed by atoms with Gasteiger partial charge in [-0.1, -0.05) is 18.2 Å². The van der Waals surface area contributed by atoms with Gasteiger partial charge in [0.1, 0.15) is 0 Å². The molecule has 5 heteroatoms. The summed E-state index contributed by atoms with van der Waals surface area (Å²) in [5.74, 6) is 0.932. The Labute approximate surface area is 127 Å². The highest BCUT2D eigenvalue weighted by molar-refractivity contribution is 7.91. The molecule has 2 aliphatic rings. The van der Waals surface area contributed by atoms with Gasteiger partial charge in [0.05, 0.1) is 10.6 Å². The second-order valence-corrected chi connectivity index (χ2v) is 8.45. The van der Waals surface area contributed by atoms with Crippen LogP contribution in [0.4, 0.5) is 0 Å². The Bertz CT molecular complexity index is 600. The van der Waals surface area contributed by atoms with E-state index in [1.807, 2.05) is 18.2 Å². The van der Waals surface area contributed by atoms with Gasteiger partial charge in [0.15, 0.2) is 9.84 Å². The molecule has 1 aromatic rings. The Morgan fingerprint density at radius 3 is 2.90 bits per heavy atom. The summed E-state index contributed by atoms with van der Waals surface area (Å²) in [5.41, 5.74) is 0.952. The summed E-state index contributed by atoms with van der Waals surface area (Å²) in [6.45, 7) is 3.31. The molecule has 2 unspecified atom stereocenters. The van der Waals surface area contributed by atoms with E-state index in [1.54, 1.807) is 6.07 Å². The van der Waals surface area contributed by atoms with E-state index in [1.165, 1.54) is 19.4 Å². The van der Waals surface area contributed by atoms with Gasteiger partial charge in [-0.25, -0.2) is 8.42 Å². The van der Waals surface area contributed by atoms with Crippen molar-refractivity contribution < 1.29 is 8.42 Å². The molecule has 0 amide bonds. The molecule has 3 rings (SSSR count). The Morgan fingerprint density at radius 2 is 2.10 bits per heavy atom. The maximum Gasteiger partial charge on any atom is 0.178 e. The van der Waals surface area contributed by atoms with Gasteiger partial charge >= 0.3 is 0 Å². The highest BCUT2D eigenvalue weighted by Gasteiger charge is 2.30. The van der Waals surface area contributed by atoms with Gasteiger partial charge < -0.3 is 10.2 Å². The summed E-state index contributed by atoms with van der Waals surface area (Å²) in [6.07, 6.45) is 3.21. The fourth-order valence-electron chi connectivity index (χ4n) is 3.55. The van der Waals surface area contributed by atoms with E-state index in [-0.39, 0.29) is 11.8 Å². The summed E-state index contributed by atoms with van der Waals surface area (Å²) < 4.78 is 24.3. The maximum absolute atomic E-state index is 12.1. The zero-order valence-electron chi connectivity index (χ0n) is 12.6. The topological polar surface area (TPSA) is 49.4 Å². The predicted octanol–water partition coefficient (Wildman–Crippen LogP) is 1.84. The standard InChI is InChI=1S/C16H24N2O2S/c1-18-9-4-5-13(12-18)11-17-15-8-10-21(19,20)16-7-3-2-6-14(15)16/h2-3,6-7,13,15,17H,4-5,8-12H2,1H3. The van der Waals surface area contributed by atoms with Crippen LogP contribution in [0.2, 0.25) is 0 Å². The second-order valence-electron chi connectivity index (χ2n) is 6.38. The van der Waals surface area contributed by atoms with Crippen molar-refractivity contribution in [2.24, 2.45) is 5.92 Å². The first kappa shape index (κ1) is 15.0. The van der Waals surface area contributed by atoms with Crippen LogP contribution in [0, 0.1) is 5.92 Å². The van der Waals surface area contributed by atoms with Gasteiger partial charge in [-0.2, -0.15) is 0 Å². The number of benzene rings is 1. The van der Waals surface area contributed by atoms with Gasteiger partial charge in [-0.15, -0.1) is 0 Å². The van der Waals surface area contributed by atoms with Crippen molar-refractivity contribution in [3.8, 4) is 0 Å². The monoisotopic (exact) mass is 308 g/mol. The molecule has 2 heterocycles. The molecule has 2 atom stereocenters. The number of nitrogens with one attached hydrogen (secondary N) is 1. The number of fused-ring (bicyclic) bond motifs is 1. The Kier molecular flexibility index (Phi) is 4.33. The smallest absolute Gasteiger partial charge is 0.178 e. The van der Waals surface area contributed by atoms with Gasteiger partial charge in [-0.3, -0.25) is 0 Å². The van der Waals surface area contributed by atoms with Crippen LogP contribution in [0.5, 0.6) is 0 Å². The van der Waals surface area contributed by atoms with Crippen LogP contribution >= 0.6 is 0 Å². The van der Waals surface area contributed by atoms with Crippen molar-refractivity contribution in [1.29, 1.82) is 0 Å². The van der Waals surface area contributed by atoms with E-state index < -0.39 is 9.84 Å². The third-order valence-corrected chi connectivity index (χ3v) is 6.49. The Morgan fingerprint density at radius 1 is 1.29 bits per heavy atom. The van der Waals surface area contributed by atoms with E-state index in [0.29, 0.717) is 17.2 Å². The average Bonchev–Trinajstić information content (AvgIpc) is 2.47. The number of piperidine rings is 1. The molecule has 2 aliphatic heterocycles. The molecule has 0 aromatic heterocycles. The molecular weight excluding hydrogens is 284 g/mol. The quantitative estimate of drug-likeness (QED) is 0.925. The molecule has 0 bridgehead atoms. The summed E-state index contributed by atoms with van der Waals surface area (Å²) in [5, 5.41) is 3.61. The van der Waals surface area contributed by atoms with Gasteiger partial charge in [0.25, 0.3) is 0 Å². The molecule has 0 radical (unpaired) electrons. The summed E-state index contributed by atoms with van der Waals surface area (Å²) in [7, 11) is -0.900. The normalized spacial score (nSPS) is 29.0. The summed E-state index contributed by atoms with van der Waals surface area (Å²) in [4.78, 5) is 2.91. The van der Waals surface area contributed by atoms with E-state index in [0.717, 1.165) is 18.7 Å². The lowest BCUT2D eigenvalue weighted by atomic mass is 9.97. The number of hydrogen-bond donors (Lipinski definition) is 1. The lowest BCUT2D eigenvalue weighted by Crippen LogP contribution is -2.39. The van der Waals surface area contributed by atoms with Crippen molar-refractivity contribution in [1.82, 2.24) is 10.2 Å². The largest absolute Gasteiger partial charge is 0.310 e. The molecule has 0 spiro atoms. The first-order valence-corrected chi connectivity index (χ1v) is 9.45. The molecule has 1 N–H and O–H groups in total. The van der Waals surface area contributed by atoms with Crippen molar-refractivity contribution in [3.63, 3.8) is 0 Å². The lowest BCUT2D eigenvalue weighted by Gasteiger charge is -2.32. The first-order valence-electron chi connectivity index (χ1n) is 7.80. The molecule has 1 fully saturated rings. The van der Waals surface area contributed by atoms with Crippen LogP contribution in [-0.4, -0.2) is 45.8 Å². The third kappa shape index (κ3) is 3.30. The second kappa shape index (κ2) is 6.07. The van der Waals surface area contributed by atoms with Crippen LogP contribution in [0.3, 0.4) is 0 Å². The van der Waals surface area contributed by atoms with E-state index >= 15 is 0 Å². The van der Waals surface area contributed by atoms with Gasteiger partial charge in [0, 0.05) is 12.6 Å². The zero-order valence-corrected chi connectivity index (χ0v) is 13.4. The number of hydrogen-bond acceptors (Lipinski definition) is 4. The minimum Gasteiger partial charge on any atom is -0.310 e. The van der Waals surface area contributed by atoms with E-state index in [2.05, 4.69) is 17.3 Å². The molecule has 1 saturated heterocycles. The van der Waals surface area contributed by atoms with Crippen LogP contribution < -0.4 is 5.32 Å². The molecule has 0 saturated carbocycles. The number of rotatable bonds is 3. The minimum absolute atomic E-state index is 0.178.